The smallest absolute Gasteiger partial charge is 0.113 e. The molecule has 0 radical (unpaired) electrons. The summed E-state index contributed by atoms with van der Waals surface area (Å²) in [6, 6.07) is 14.8. The second-order valence-electron chi connectivity index (χ2n) is 5.12. The third kappa shape index (κ3) is 2.45. The Morgan fingerprint density at radius 1 is 1.05 bits per heavy atom. The predicted octanol–water partition coefficient (Wildman–Crippen LogP) is 2.89. The van der Waals surface area contributed by atoms with E-state index in [-0.39, 0.29) is 0 Å². The van der Waals surface area contributed by atoms with Gasteiger partial charge in [-0.25, -0.2) is 4.98 Å². The second-order valence-corrected chi connectivity index (χ2v) is 5.12. The van der Waals surface area contributed by atoms with Crippen LogP contribution in [0.15, 0.2) is 48.7 Å². The summed E-state index contributed by atoms with van der Waals surface area (Å²) < 4.78 is 2.15. The fourth-order valence-electron chi connectivity index (χ4n) is 2.51. The molecule has 2 heterocycles. The molecule has 0 aliphatic carbocycles. The van der Waals surface area contributed by atoms with Crippen molar-refractivity contribution in [2.24, 2.45) is 5.73 Å². The second kappa shape index (κ2) is 5.47. The first kappa shape index (κ1) is 12.9. The first-order valence-corrected chi connectivity index (χ1v) is 6.98. The first-order valence-electron chi connectivity index (χ1n) is 6.98. The Morgan fingerprint density at radius 3 is 2.60 bits per heavy atom. The van der Waals surface area contributed by atoms with Gasteiger partial charge < -0.3 is 10.1 Å². The van der Waals surface area contributed by atoms with Crippen molar-refractivity contribution in [2.75, 3.05) is 0 Å². The summed E-state index contributed by atoms with van der Waals surface area (Å²) in [5.41, 5.74) is 10.5. The minimum atomic E-state index is 0.484. The number of fused-ring (bicyclic) bond motifs is 1. The van der Waals surface area contributed by atoms with Crippen LogP contribution in [0.5, 0.6) is 0 Å². The molecule has 0 spiro atoms. The van der Waals surface area contributed by atoms with Gasteiger partial charge in [0.25, 0.3) is 0 Å². The van der Waals surface area contributed by atoms with E-state index in [1.165, 1.54) is 11.1 Å². The molecular formula is C17H19N3. The highest BCUT2D eigenvalue weighted by atomic mass is 15.0. The standard InChI is InChI=1S/C17H19N3/c1-13-5-7-14(8-6-13)9-10-17-19-15(12-18)16-4-2-3-11-20(16)17/h2-8,11H,9-10,12,18H2,1H3. The molecule has 0 amide bonds. The minimum Gasteiger partial charge on any atom is -0.325 e. The summed E-state index contributed by atoms with van der Waals surface area (Å²) in [4.78, 5) is 4.68. The lowest BCUT2D eigenvalue weighted by Gasteiger charge is -2.02. The summed E-state index contributed by atoms with van der Waals surface area (Å²) in [7, 11) is 0. The van der Waals surface area contributed by atoms with Crippen molar-refractivity contribution in [3.8, 4) is 0 Å². The maximum atomic E-state index is 5.78. The SMILES string of the molecule is Cc1ccc(CCc2nc(CN)c3ccccn23)cc1. The zero-order chi connectivity index (χ0) is 13.9. The normalized spacial score (nSPS) is 11.1. The van der Waals surface area contributed by atoms with Gasteiger partial charge in [0.15, 0.2) is 0 Å². The average molecular weight is 265 g/mol. The van der Waals surface area contributed by atoms with E-state index in [2.05, 4.69) is 52.8 Å². The van der Waals surface area contributed by atoms with Gasteiger partial charge >= 0.3 is 0 Å². The predicted molar refractivity (Wildman–Crippen MR) is 81.7 cm³/mol. The molecule has 20 heavy (non-hydrogen) atoms. The van der Waals surface area contributed by atoms with Crippen LogP contribution in [0.25, 0.3) is 5.52 Å². The molecule has 0 aliphatic heterocycles. The van der Waals surface area contributed by atoms with Gasteiger partial charge in [-0.05, 0) is 31.0 Å². The summed E-state index contributed by atoms with van der Waals surface area (Å²) in [5, 5.41) is 0. The van der Waals surface area contributed by atoms with E-state index in [0.717, 1.165) is 29.9 Å². The molecule has 3 rings (SSSR count). The molecule has 2 aromatic heterocycles. The zero-order valence-electron chi connectivity index (χ0n) is 11.7. The highest BCUT2D eigenvalue weighted by molar-refractivity contribution is 5.53. The lowest BCUT2D eigenvalue weighted by Crippen LogP contribution is -1.98. The Morgan fingerprint density at radius 2 is 1.85 bits per heavy atom. The van der Waals surface area contributed by atoms with Crippen molar-refractivity contribution in [1.29, 1.82) is 0 Å². The monoisotopic (exact) mass is 265 g/mol. The Balaban J connectivity index is 1.85. The zero-order valence-corrected chi connectivity index (χ0v) is 11.7. The maximum Gasteiger partial charge on any atom is 0.113 e. The van der Waals surface area contributed by atoms with Crippen LogP contribution in [0.1, 0.15) is 22.6 Å². The van der Waals surface area contributed by atoms with Crippen molar-refractivity contribution >= 4 is 5.52 Å². The molecule has 3 nitrogen and oxygen atoms in total. The van der Waals surface area contributed by atoms with E-state index in [4.69, 9.17) is 5.73 Å². The molecule has 102 valence electrons. The summed E-state index contributed by atoms with van der Waals surface area (Å²) in [5.74, 6) is 1.08. The number of benzene rings is 1. The minimum absolute atomic E-state index is 0.484. The number of rotatable bonds is 4. The Labute approximate surface area is 119 Å². The number of aryl methyl sites for hydroxylation is 3. The molecule has 3 heteroatoms. The van der Waals surface area contributed by atoms with Crippen LogP contribution in [0.4, 0.5) is 0 Å². The van der Waals surface area contributed by atoms with E-state index < -0.39 is 0 Å². The van der Waals surface area contributed by atoms with E-state index in [9.17, 15) is 0 Å². The van der Waals surface area contributed by atoms with Crippen LogP contribution in [0, 0.1) is 6.92 Å². The largest absolute Gasteiger partial charge is 0.325 e. The molecular weight excluding hydrogens is 246 g/mol. The molecule has 2 N–H and O–H groups in total. The van der Waals surface area contributed by atoms with Gasteiger partial charge in [-0.2, -0.15) is 0 Å². The molecule has 1 aromatic carbocycles. The summed E-state index contributed by atoms with van der Waals surface area (Å²) >= 11 is 0. The number of pyridine rings is 1. The van der Waals surface area contributed by atoms with Gasteiger partial charge in [0.2, 0.25) is 0 Å². The van der Waals surface area contributed by atoms with Crippen LogP contribution in [-0.2, 0) is 19.4 Å². The van der Waals surface area contributed by atoms with Gasteiger partial charge in [-0.15, -0.1) is 0 Å². The lowest BCUT2D eigenvalue weighted by molar-refractivity contribution is 0.845. The lowest BCUT2D eigenvalue weighted by atomic mass is 10.1. The van der Waals surface area contributed by atoms with E-state index >= 15 is 0 Å². The Bertz CT molecular complexity index is 711. The third-order valence-corrected chi connectivity index (χ3v) is 3.65. The van der Waals surface area contributed by atoms with Crippen LogP contribution in [0.3, 0.4) is 0 Å². The quantitative estimate of drug-likeness (QED) is 0.788. The third-order valence-electron chi connectivity index (χ3n) is 3.65. The average Bonchev–Trinajstić information content (AvgIpc) is 2.85. The Kier molecular flexibility index (Phi) is 3.52. The number of nitrogens with zero attached hydrogens (tertiary/aromatic N) is 2. The van der Waals surface area contributed by atoms with Crippen molar-refractivity contribution in [3.05, 3.63) is 71.3 Å². The van der Waals surface area contributed by atoms with Crippen molar-refractivity contribution < 1.29 is 0 Å². The fourth-order valence-corrected chi connectivity index (χ4v) is 2.51. The first-order chi connectivity index (χ1) is 9.78. The van der Waals surface area contributed by atoms with E-state index in [0.29, 0.717) is 6.54 Å². The number of imidazole rings is 1. The molecule has 0 unspecified atom stereocenters. The topological polar surface area (TPSA) is 43.3 Å². The number of aromatic nitrogens is 2. The van der Waals surface area contributed by atoms with Crippen LogP contribution in [0.2, 0.25) is 0 Å². The highest BCUT2D eigenvalue weighted by Crippen LogP contribution is 2.15. The van der Waals surface area contributed by atoms with Crippen molar-refractivity contribution in [3.63, 3.8) is 0 Å². The molecule has 0 atom stereocenters. The summed E-state index contributed by atoms with van der Waals surface area (Å²) in [6.07, 6.45) is 3.98. The molecule has 0 fully saturated rings. The van der Waals surface area contributed by atoms with Gasteiger partial charge in [-0.1, -0.05) is 35.9 Å². The number of hydrogen-bond acceptors (Lipinski definition) is 2. The van der Waals surface area contributed by atoms with Gasteiger partial charge in [0.1, 0.15) is 5.82 Å². The van der Waals surface area contributed by atoms with Crippen LogP contribution < -0.4 is 5.73 Å². The highest BCUT2D eigenvalue weighted by Gasteiger charge is 2.09. The van der Waals surface area contributed by atoms with E-state index in [1.807, 2.05) is 12.1 Å². The number of hydrogen-bond donors (Lipinski definition) is 1. The summed E-state index contributed by atoms with van der Waals surface area (Å²) in [6.45, 7) is 2.59. The molecule has 0 saturated carbocycles. The van der Waals surface area contributed by atoms with Gasteiger partial charge in [-0.3, -0.25) is 0 Å². The maximum absolute atomic E-state index is 5.78. The molecule has 0 aliphatic rings. The van der Waals surface area contributed by atoms with Crippen molar-refractivity contribution in [1.82, 2.24) is 9.38 Å². The Hall–Kier alpha value is -2.13. The van der Waals surface area contributed by atoms with Gasteiger partial charge in [0, 0.05) is 19.2 Å². The van der Waals surface area contributed by atoms with Crippen molar-refractivity contribution in [2.45, 2.75) is 26.3 Å². The molecule has 0 bridgehead atoms. The van der Waals surface area contributed by atoms with Crippen LogP contribution >= 0.6 is 0 Å². The number of nitrogens with two attached hydrogens (primary N) is 1. The van der Waals surface area contributed by atoms with Crippen LogP contribution in [-0.4, -0.2) is 9.38 Å². The van der Waals surface area contributed by atoms with Gasteiger partial charge in [0.05, 0.1) is 11.2 Å². The fraction of sp³-hybridized carbons (Fsp3) is 0.235. The molecule has 3 aromatic rings. The molecule has 0 saturated heterocycles. The van der Waals surface area contributed by atoms with E-state index in [1.54, 1.807) is 0 Å².